The fraction of sp³-hybridized carbons (Fsp3) is 0.115. The van der Waals surface area contributed by atoms with Crippen LogP contribution < -0.4 is 10.5 Å². The summed E-state index contributed by atoms with van der Waals surface area (Å²) in [4.78, 5) is 40.4. The maximum atomic E-state index is 13.4. The Bertz CT molecular complexity index is 1410. The average molecular weight is 425 g/mol. The van der Waals surface area contributed by atoms with E-state index >= 15 is 0 Å². The molecule has 6 heteroatoms. The van der Waals surface area contributed by atoms with Gasteiger partial charge in [-0.1, -0.05) is 66.7 Å². The van der Waals surface area contributed by atoms with E-state index in [4.69, 9.17) is 4.42 Å². The van der Waals surface area contributed by atoms with E-state index in [9.17, 15) is 19.5 Å². The Hall–Kier alpha value is -4.03. The van der Waals surface area contributed by atoms with Gasteiger partial charge in [0.2, 0.25) is 0 Å². The minimum absolute atomic E-state index is 0.191. The number of hydrogen-bond acceptors (Lipinski definition) is 5. The Balaban J connectivity index is 1.52. The maximum absolute atomic E-state index is 13.4. The van der Waals surface area contributed by atoms with Gasteiger partial charge in [-0.2, -0.15) is 0 Å². The van der Waals surface area contributed by atoms with Crippen LogP contribution in [0.2, 0.25) is 0 Å². The van der Waals surface area contributed by atoms with E-state index in [0.717, 1.165) is 5.56 Å². The molecule has 0 saturated heterocycles. The first kappa shape index (κ1) is 19.9. The number of fused-ring (bicyclic) bond motifs is 2. The molecule has 0 saturated carbocycles. The number of ketones is 1. The smallest absolute Gasteiger partial charge is 0.347 e. The highest BCUT2D eigenvalue weighted by Gasteiger charge is 2.51. The molecule has 0 radical (unpaired) electrons. The van der Waals surface area contributed by atoms with Gasteiger partial charge < -0.3 is 14.4 Å². The number of aliphatic hydroxyl groups is 1. The van der Waals surface area contributed by atoms with Crippen LogP contribution in [0.25, 0.3) is 11.0 Å². The molecule has 1 atom stereocenters. The number of carbonyl (C=O) groups excluding carboxylic acids is 2. The standard InChI is InChI=1S/C26H19NO5/c28-22(19-14-18-10-4-7-13-23(18)32-24(19)29)15-26(31)20-11-5-6-12-21(20)27(25(26)30)16-17-8-2-1-3-9-17/h1-14,31H,15-16H2/t26-/m1/s1. The quantitative estimate of drug-likeness (QED) is 0.388. The minimum Gasteiger partial charge on any atom is -0.422 e. The van der Waals surface area contributed by atoms with Crippen molar-refractivity contribution >= 4 is 28.3 Å². The molecule has 1 N–H and O–H groups in total. The van der Waals surface area contributed by atoms with E-state index in [-0.39, 0.29) is 12.1 Å². The Morgan fingerprint density at radius 2 is 1.59 bits per heavy atom. The van der Waals surface area contributed by atoms with E-state index in [0.29, 0.717) is 22.2 Å². The maximum Gasteiger partial charge on any atom is 0.347 e. The first-order valence-corrected chi connectivity index (χ1v) is 10.2. The molecule has 0 fully saturated rings. The number of para-hydroxylation sites is 2. The van der Waals surface area contributed by atoms with Crippen molar-refractivity contribution in [2.45, 2.75) is 18.6 Å². The Kier molecular flexibility index (Phi) is 4.72. The molecule has 1 aliphatic heterocycles. The topological polar surface area (TPSA) is 87.8 Å². The monoisotopic (exact) mass is 425 g/mol. The molecule has 5 rings (SSSR count). The fourth-order valence-corrected chi connectivity index (χ4v) is 4.18. The van der Waals surface area contributed by atoms with Crippen LogP contribution in [0.5, 0.6) is 0 Å². The lowest BCUT2D eigenvalue weighted by molar-refractivity contribution is -0.136. The summed E-state index contributed by atoms with van der Waals surface area (Å²) in [6.07, 6.45) is -0.558. The van der Waals surface area contributed by atoms with Gasteiger partial charge in [0.1, 0.15) is 11.1 Å². The molecule has 1 aromatic heterocycles. The van der Waals surface area contributed by atoms with Crippen LogP contribution in [0.4, 0.5) is 5.69 Å². The molecule has 0 unspecified atom stereocenters. The molecule has 0 bridgehead atoms. The van der Waals surface area contributed by atoms with E-state index in [1.165, 1.54) is 11.0 Å². The highest BCUT2D eigenvalue weighted by atomic mass is 16.4. The first-order valence-electron chi connectivity index (χ1n) is 10.2. The highest BCUT2D eigenvalue weighted by molar-refractivity contribution is 6.11. The largest absolute Gasteiger partial charge is 0.422 e. The third-order valence-corrected chi connectivity index (χ3v) is 5.78. The molecular formula is C26H19NO5. The molecule has 3 aromatic carbocycles. The zero-order valence-corrected chi connectivity index (χ0v) is 17.0. The van der Waals surface area contributed by atoms with Gasteiger partial charge in [0.25, 0.3) is 5.91 Å². The zero-order valence-electron chi connectivity index (χ0n) is 17.0. The predicted octanol–water partition coefficient (Wildman–Crippen LogP) is 3.80. The third-order valence-electron chi connectivity index (χ3n) is 5.78. The zero-order chi connectivity index (χ0) is 22.3. The number of anilines is 1. The van der Waals surface area contributed by atoms with Crippen LogP contribution in [-0.4, -0.2) is 16.8 Å². The molecule has 2 heterocycles. The number of hydrogen-bond donors (Lipinski definition) is 1. The normalized spacial score (nSPS) is 17.5. The summed E-state index contributed by atoms with van der Waals surface area (Å²) < 4.78 is 5.25. The summed E-state index contributed by atoms with van der Waals surface area (Å²) in [5, 5.41) is 12.0. The lowest BCUT2D eigenvalue weighted by Gasteiger charge is -2.22. The van der Waals surface area contributed by atoms with Gasteiger partial charge in [-0.3, -0.25) is 9.59 Å². The van der Waals surface area contributed by atoms with Crippen LogP contribution in [0.15, 0.2) is 94.1 Å². The summed E-state index contributed by atoms with van der Waals surface area (Å²) in [5.74, 6) is -1.25. The number of benzene rings is 3. The summed E-state index contributed by atoms with van der Waals surface area (Å²) in [7, 11) is 0. The summed E-state index contributed by atoms with van der Waals surface area (Å²) in [6, 6.07) is 24.5. The van der Waals surface area contributed by atoms with Gasteiger partial charge >= 0.3 is 5.63 Å². The molecule has 6 nitrogen and oxygen atoms in total. The van der Waals surface area contributed by atoms with Crippen molar-refractivity contribution in [1.29, 1.82) is 0 Å². The fourth-order valence-electron chi connectivity index (χ4n) is 4.18. The van der Waals surface area contributed by atoms with Crippen molar-refractivity contribution in [2.24, 2.45) is 0 Å². The molecular weight excluding hydrogens is 406 g/mol. The van der Waals surface area contributed by atoms with Crippen molar-refractivity contribution in [3.8, 4) is 0 Å². The van der Waals surface area contributed by atoms with Crippen molar-refractivity contribution in [3.63, 3.8) is 0 Å². The summed E-state index contributed by atoms with van der Waals surface area (Å²) >= 11 is 0. The number of carbonyl (C=O) groups is 2. The van der Waals surface area contributed by atoms with Crippen LogP contribution >= 0.6 is 0 Å². The van der Waals surface area contributed by atoms with Crippen molar-refractivity contribution in [1.82, 2.24) is 0 Å². The van der Waals surface area contributed by atoms with Crippen molar-refractivity contribution < 1.29 is 19.1 Å². The lowest BCUT2D eigenvalue weighted by Crippen LogP contribution is -2.42. The van der Waals surface area contributed by atoms with E-state index in [2.05, 4.69) is 0 Å². The second-order valence-electron chi connectivity index (χ2n) is 7.84. The molecule has 158 valence electrons. The number of Topliss-reactive ketones (excluding diaryl/α,β-unsaturated/α-hetero) is 1. The molecule has 1 aliphatic rings. The SMILES string of the molecule is O=C(C[C@]1(O)C(=O)N(Cc2ccccc2)c2ccccc21)c1cc2ccccc2oc1=O. The van der Waals surface area contributed by atoms with Gasteiger partial charge in [-0.15, -0.1) is 0 Å². The summed E-state index contributed by atoms with van der Waals surface area (Å²) in [6.45, 7) is 0.255. The second kappa shape index (κ2) is 7.59. The van der Waals surface area contributed by atoms with E-state index in [1.807, 2.05) is 30.3 Å². The molecule has 0 spiro atoms. The Labute approximate surface area is 183 Å². The average Bonchev–Trinajstić information content (AvgIpc) is 3.01. The number of nitrogens with zero attached hydrogens (tertiary/aromatic N) is 1. The van der Waals surface area contributed by atoms with Crippen LogP contribution in [0.1, 0.15) is 27.9 Å². The summed E-state index contributed by atoms with van der Waals surface area (Å²) in [5.41, 5.74) is -0.909. The van der Waals surface area contributed by atoms with Gasteiger partial charge in [0.05, 0.1) is 18.7 Å². The van der Waals surface area contributed by atoms with E-state index in [1.54, 1.807) is 48.5 Å². The van der Waals surface area contributed by atoms with Crippen molar-refractivity contribution in [2.75, 3.05) is 4.90 Å². The number of amides is 1. The van der Waals surface area contributed by atoms with Crippen molar-refractivity contribution in [3.05, 3.63) is 112 Å². The van der Waals surface area contributed by atoms with Gasteiger partial charge in [-0.05, 0) is 23.8 Å². The highest BCUT2D eigenvalue weighted by Crippen LogP contribution is 2.43. The molecule has 32 heavy (non-hydrogen) atoms. The molecule has 4 aromatic rings. The van der Waals surface area contributed by atoms with Gasteiger partial charge in [0, 0.05) is 10.9 Å². The lowest BCUT2D eigenvalue weighted by atomic mass is 9.88. The van der Waals surface area contributed by atoms with Crippen LogP contribution in [-0.2, 0) is 16.9 Å². The number of rotatable bonds is 5. The van der Waals surface area contributed by atoms with Gasteiger partial charge in [0.15, 0.2) is 11.4 Å². The van der Waals surface area contributed by atoms with Crippen LogP contribution in [0, 0.1) is 0 Å². The first-order chi connectivity index (χ1) is 15.5. The Morgan fingerprint density at radius 3 is 2.41 bits per heavy atom. The Morgan fingerprint density at radius 1 is 0.906 bits per heavy atom. The molecule has 0 aliphatic carbocycles. The van der Waals surface area contributed by atoms with Crippen LogP contribution in [0.3, 0.4) is 0 Å². The predicted molar refractivity (Wildman–Crippen MR) is 119 cm³/mol. The second-order valence-corrected chi connectivity index (χ2v) is 7.84. The molecule has 1 amide bonds. The van der Waals surface area contributed by atoms with E-state index < -0.39 is 29.3 Å². The third kappa shape index (κ3) is 3.21. The van der Waals surface area contributed by atoms with Gasteiger partial charge in [-0.25, -0.2) is 4.79 Å². The minimum atomic E-state index is -2.07.